The molecule has 0 radical (unpaired) electrons. The molecule has 2 amide bonds. The van der Waals surface area contributed by atoms with Crippen molar-refractivity contribution in [2.75, 3.05) is 6.61 Å². The van der Waals surface area contributed by atoms with E-state index < -0.39 is 17.9 Å². The Hall–Kier alpha value is -3.75. The van der Waals surface area contributed by atoms with Gasteiger partial charge in [-0.1, -0.05) is 24.3 Å². The number of amides is 2. The Labute approximate surface area is 159 Å². The monoisotopic (exact) mass is 382 g/mol. The number of hydrogen-bond acceptors (Lipinski definition) is 5. The first-order chi connectivity index (χ1) is 13.5. The van der Waals surface area contributed by atoms with Crippen molar-refractivity contribution in [1.29, 1.82) is 0 Å². The first-order valence-electron chi connectivity index (χ1n) is 8.66. The third-order valence-electron chi connectivity index (χ3n) is 4.48. The number of hydrazine groups is 1. The fraction of sp³-hybridized carbons (Fsp3) is 0.211. The molecule has 9 heteroatoms. The van der Waals surface area contributed by atoms with E-state index in [9.17, 15) is 14.4 Å². The van der Waals surface area contributed by atoms with E-state index in [1.54, 1.807) is 49.5 Å². The Morgan fingerprint density at radius 1 is 1.04 bits per heavy atom. The standard InChI is InChI=1S/C19H18N4O5/c1-22-12-6-2-3-7-13(12)23(19(22)26)10-17(24)20-21-18(25)16-11-27-14-8-4-5-9-15(14)28-16/h2-9,16H,10-11H2,1H3,(H,20,24)(H,21,25)/t16-/m1/s1. The topological polar surface area (TPSA) is 104 Å². The molecular formula is C19H18N4O5. The molecule has 9 nitrogen and oxygen atoms in total. The van der Waals surface area contributed by atoms with Gasteiger partial charge in [0, 0.05) is 7.05 Å². The zero-order valence-corrected chi connectivity index (χ0v) is 15.0. The molecule has 2 heterocycles. The third kappa shape index (κ3) is 3.18. The molecule has 1 atom stereocenters. The summed E-state index contributed by atoms with van der Waals surface area (Å²) in [6, 6.07) is 14.2. The van der Waals surface area contributed by atoms with Crippen molar-refractivity contribution < 1.29 is 19.1 Å². The second-order valence-electron chi connectivity index (χ2n) is 6.32. The minimum absolute atomic E-state index is 0.0293. The molecule has 3 aromatic rings. The van der Waals surface area contributed by atoms with E-state index >= 15 is 0 Å². The van der Waals surface area contributed by atoms with Crippen LogP contribution in [0.25, 0.3) is 11.0 Å². The van der Waals surface area contributed by atoms with Gasteiger partial charge in [0.1, 0.15) is 13.2 Å². The van der Waals surface area contributed by atoms with Gasteiger partial charge in [0.05, 0.1) is 11.0 Å². The maximum Gasteiger partial charge on any atom is 0.329 e. The summed E-state index contributed by atoms with van der Waals surface area (Å²) in [4.78, 5) is 36.8. The average molecular weight is 382 g/mol. The molecular weight excluding hydrogens is 364 g/mol. The van der Waals surface area contributed by atoms with Gasteiger partial charge in [0.2, 0.25) is 6.10 Å². The molecule has 0 saturated carbocycles. The molecule has 0 unspecified atom stereocenters. The van der Waals surface area contributed by atoms with Gasteiger partial charge in [0.25, 0.3) is 11.8 Å². The van der Waals surface area contributed by atoms with Gasteiger partial charge >= 0.3 is 5.69 Å². The van der Waals surface area contributed by atoms with Crippen LogP contribution in [0.4, 0.5) is 0 Å². The molecule has 0 bridgehead atoms. The molecule has 2 N–H and O–H groups in total. The van der Waals surface area contributed by atoms with Crippen molar-refractivity contribution in [2.24, 2.45) is 7.05 Å². The lowest BCUT2D eigenvalue weighted by Gasteiger charge is -2.25. The molecule has 0 saturated heterocycles. The number of hydrogen-bond donors (Lipinski definition) is 2. The SMILES string of the molecule is Cn1c(=O)n(CC(=O)NNC(=O)[C@H]2COc3ccccc3O2)c2ccccc21. The maximum absolute atomic E-state index is 12.3. The number of rotatable bonds is 3. The van der Waals surface area contributed by atoms with Crippen LogP contribution in [0.5, 0.6) is 11.5 Å². The number of carbonyl (C=O) groups is 2. The summed E-state index contributed by atoms with van der Waals surface area (Å²) in [6.07, 6.45) is -0.893. The average Bonchev–Trinajstić information content (AvgIpc) is 2.96. The molecule has 1 aliphatic heterocycles. The molecule has 1 aliphatic rings. The van der Waals surface area contributed by atoms with Crippen LogP contribution in [0, 0.1) is 0 Å². The lowest BCUT2D eigenvalue weighted by atomic mass is 10.2. The smallest absolute Gasteiger partial charge is 0.329 e. The Bertz CT molecular complexity index is 1120. The number of ether oxygens (including phenoxy) is 2. The number of para-hydroxylation sites is 4. The number of aromatic nitrogens is 2. The van der Waals surface area contributed by atoms with E-state index in [-0.39, 0.29) is 18.8 Å². The number of nitrogens with one attached hydrogen (secondary N) is 2. The highest BCUT2D eigenvalue weighted by Gasteiger charge is 2.27. The number of aryl methyl sites for hydroxylation is 1. The van der Waals surface area contributed by atoms with Crippen molar-refractivity contribution in [2.45, 2.75) is 12.6 Å². The largest absolute Gasteiger partial charge is 0.485 e. The van der Waals surface area contributed by atoms with Crippen molar-refractivity contribution >= 4 is 22.8 Å². The summed E-state index contributed by atoms with van der Waals surface area (Å²) < 4.78 is 13.9. The highest BCUT2D eigenvalue weighted by atomic mass is 16.6. The van der Waals surface area contributed by atoms with Crippen LogP contribution in [0.3, 0.4) is 0 Å². The summed E-state index contributed by atoms with van der Waals surface area (Å²) in [6.45, 7) is -0.202. The van der Waals surface area contributed by atoms with E-state index in [4.69, 9.17) is 9.47 Å². The van der Waals surface area contributed by atoms with Gasteiger partial charge in [-0.25, -0.2) is 4.79 Å². The Morgan fingerprint density at radius 2 is 1.71 bits per heavy atom. The molecule has 2 aromatic carbocycles. The number of imidazole rings is 1. The summed E-state index contributed by atoms with van der Waals surface area (Å²) in [7, 11) is 1.64. The zero-order valence-electron chi connectivity index (χ0n) is 15.0. The van der Waals surface area contributed by atoms with Crippen LogP contribution in [-0.4, -0.2) is 33.7 Å². The summed E-state index contributed by atoms with van der Waals surface area (Å²) in [5.41, 5.74) is 5.66. The number of carbonyl (C=O) groups excluding carboxylic acids is 2. The molecule has 0 aliphatic carbocycles. The Morgan fingerprint density at radius 3 is 2.50 bits per heavy atom. The molecule has 144 valence electrons. The molecule has 0 spiro atoms. The quantitative estimate of drug-likeness (QED) is 0.636. The maximum atomic E-state index is 12.3. The highest BCUT2D eigenvalue weighted by Crippen LogP contribution is 2.30. The first kappa shape index (κ1) is 17.7. The number of benzene rings is 2. The van der Waals surface area contributed by atoms with E-state index in [2.05, 4.69) is 10.9 Å². The van der Waals surface area contributed by atoms with Gasteiger partial charge in [-0.3, -0.25) is 29.6 Å². The first-order valence-corrected chi connectivity index (χ1v) is 8.66. The van der Waals surface area contributed by atoms with Crippen molar-refractivity contribution in [1.82, 2.24) is 20.0 Å². The fourth-order valence-electron chi connectivity index (χ4n) is 3.06. The van der Waals surface area contributed by atoms with Gasteiger partial charge in [-0.2, -0.15) is 0 Å². The fourth-order valence-corrected chi connectivity index (χ4v) is 3.06. The van der Waals surface area contributed by atoms with Gasteiger partial charge in [-0.15, -0.1) is 0 Å². The third-order valence-corrected chi connectivity index (χ3v) is 4.48. The number of fused-ring (bicyclic) bond motifs is 2. The predicted octanol–water partition coefficient (Wildman–Crippen LogP) is 0.327. The van der Waals surface area contributed by atoms with Crippen LogP contribution < -0.4 is 26.0 Å². The van der Waals surface area contributed by atoms with Crippen molar-refractivity contribution in [3.63, 3.8) is 0 Å². The van der Waals surface area contributed by atoms with Gasteiger partial charge in [-0.05, 0) is 24.3 Å². The van der Waals surface area contributed by atoms with Gasteiger partial charge < -0.3 is 9.47 Å². The summed E-state index contributed by atoms with van der Waals surface area (Å²) in [5.74, 6) is -0.0644. The second kappa shape index (κ2) is 7.10. The van der Waals surface area contributed by atoms with Crippen LogP contribution in [-0.2, 0) is 23.2 Å². The lowest BCUT2D eigenvalue weighted by Crippen LogP contribution is -2.51. The molecule has 4 rings (SSSR count). The summed E-state index contributed by atoms with van der Waals surface area (Å²) in [5, 5.41) is 0. The molecule has 1 aromatic heterocycles. The summed E-state index contributed by atoms with van der Waals surface area (Å²) >= 11 is 0. The Kier molecular flexibility index (Phi) is 4.48. The normalized spacial score (nSPS) is 15.2. The van der Waals surface area contributed by atoms with Crippen LogP contribution >= 0.6 is 0 Å². The second-order valence-corrected chi connectivity index (χ2v) is 6.32. The van der Waals surface area contributed by atoms with Crippen LogP contribution in [0.15, 0.2) is 53.3 Å². The van der Waals surface area contributed by atoms with Crippen LogP contribution in [0.1, 0.15) is 0 Å². The Balaban J connectivity index is 1.39. The molecule has 0 fully saturated rings. The minimum Gasteiger partial charge on any atom is -0.485 e. The van der Waals surface area contributed by atoms with Crippen LogP contribution in [0.2, 0.25) is 0 Å². The van der Waals surface area contributed by atoms with Crippen molar-refractivity contribution in [3.05, 3.63) is 59.0 Å². The van der Waals surface area contributed by atoms with Gasteiger partial charge in [0.15, 0.2) is 11.5 Å². The van der Waals surface area contributed by atoms with E-state index in [0.29, 0.717) is 17.0 Å². The zero-order chi connectivity index (χ0) is 19.7. The van der Waals surface area contributed by atoms with Crippen molar-refractivity contribution in [3.8, 4) is 11.5 Å². The number of nitrogens with zero attached hydrogens (tertiary/aromatic N) is 2. The minimum atomic E-state index is -0.893. The van der Waals surface area contributed by atoms with E-state index in [0.717, 1.165) is 5.52 Å². The highest BCUT2D eigenvalue weighted by molar-refractivity contribution is 5.86. The predicted molar refractivity (Wildman–Crippen MR) is 99.8 cm³/mol. The molecule has 28 heavy (non-hydrogen) atoms. The van der Waals surface area contributed by atoms with E-state index in [1.165, 1.54) is 9.13 Å². The lowest BCUT2D eigenvalue weighted by molar-refractivity contribution is -0.135. The van der Waals surface area contributed by atoms with E-state index in [1.807, 2.05) is 6.07 Å².